The Morgan fingerprint density at radius 3 is 2.53 bits per heavy atom. The molecular weight excluding hydrogens is 244 g/mol. The van der Waals surface area contributed by atoms with Crippen molar-refractivity contribution in [2.45, 2.75) is 19.4 Å². The highest BCUT2D eigenvalue weighted by atomic mass is 32.2. The van der Waals surface area contributed by atoms with E-state index in [0.717, 1.165) is 18.2 Å². The van der Waals surface area contributed by atoms with Gasteiger partial charge in [0.1, 0.15) is 0 Å². The lowest BCUT2D eigenvalue weighted by Crippen LogP contribution is -2.23. The maximum Gasteiger partial charge on any atom is 0.168 e. The van der Waals surface area contributed by atoms with Crippen LogP contribution in [0.2, 0.25) is 0 Å². The van der Waals surface area contributed by atoms with E-state index in [1.165, 1.54) is 0 Å². The molecule has 0 bridgehead atoms. The van der Waals surface area contributed by atoms with E-state index in [1.54, 1.807) is 18.8 Å². The maximum absolute atomic E-state index is 13.5. The highest BCUT2D eigenvalue weighted by Gasteiger charge is 2.14. The Labute approximate surface area is 104 Å². The van der Waals surface area contributed by atoms with Crippen molar-refractivity contribution in [3.8, 4) is 0 Å². The average Bonchev–Trinajstić information content (AvgIpc) is 2.31. The molecule has 1 aromatic heterocycles. The first kappa shape index (κ1) is 14.0. The van der Waals surface area contributed by atoms with Crippen LogP contribution in [0, 0.1) is 11.6 Å². The second-order valence-corrected chi connectivity index (χ2v) is 4.51. The Kier molecular flexibility index (Phi) is 5.47. The third-order valence-electron chi connectivity index (χ3n) is 2.37. The first-order chi connectivity index (χ1) is 8.12. The van der Waals surface area contributed by atoms with Crippen molar-refractivity contribution >= 4 is 23.4 Å². The van der Waals surface area contributed by atoms with Crippen LogP contribution in [0.5, 0.6) is 0 Å². The zero-order valence-corrected chi connectivity index (χ0v) is 11.0. The lowest BCUT2D eigenvalue weighted by Gasteiger charge is -2.17. The van der Waals surface area contributed by atoms with Gasteiger partial charge in [-0.1, -0.05) is 6.92 Å². The molecular formula is C11H17F2N3S. The van der Waals surface area contributed by atoms with E-state index in [1.807, 2.05) is 13.2 Å². The lowest BCUT2D eigenvalue weighted by molar-refractivity contribution is 0.576. The highest BCUT2D eigenvalue weighted by Crippen LogP contribution is 2.20. The van der Waals surface area contributed by atoms with Gasteiger partial charge in [0.25, 0.3) is 0 Å². The monoisotopic (exact) mass is 261 g/mol. The molecule has 0 spiro atoms. The number of thioether (sulfide) groups is 1. The Morgan fingerprint density at radius 1 is 1.35 bits per heavy atom. The summed E-state index contributed by atoms with van der Waals surface area (Å²) in [5.74, 6) is -0.358. The van der Waals surface area contributed by atoms with Crippen LogP contribution in [-0.4, -0.2) is 30.1 Å². The molecule has 0 radical (unpaired) electrons. The van der Waals surface area contributed by atoms with Crippen molar-refractivity contribution in [3.05, 3.63) is 17.7 Å². The van der Waals surface area contributed by atoms with Gasteiger partial charge >= 0.3 is 0 Å². The van der Waals surface area contributed by atoms with Crippen LogP contribution in [0.4, 0.5) is 20.4 Å². The van der Waals surface area contributed by atoms with Crippen molar-refractivity contribution in [2.75, 3.05) is 29.7 Å². The summed E-state index contributed by atoms with van der Waals surface area (Å²) in [4.78, 5) is 3.88. The van der Waals surface area contributed by atoms with Crippen molar-refractivity contribution < 1.29 is 8.78 Å². The normalized spacial score (nSPS) is 12.3. The zero-order valence-electron chi connectivity index (χ0n) is 10.2. The van der Waals surface area contributed by atoms with Crippen molar-refractivity contribution in [3.63, 3.8) is 0 Å². The van der Waals surface area contributed by atoms with Gasteiger partial charge in [0.05, 0.1) is 0 Å². The molecule has 0 saturated heterocycles. The molecule has 1 atom stereocenters. The molecule has 6 heteroatoms. The zero-order chi connectivity index (χ0) is 12.8. The molecule has 0 aliphatic rings. The van der Waals surface area contributed by atoms with Crippen molar-refractivity contribution in [2.24, 2.45) is 0 Å². The SMILES string of the molecule is CCC(CSC)Nc1nc(NC)c(F)cc1F. The van der Waals surface area contributed by atoms with Gasteiger partial charge in [-0.05, 0) is 12.7 Å². The standard InChI is InChI=1S/C11H17F2N3S/c1-4-7(6-17-3)15-11-9(13)5-8(12)10(14-2)16-11/h5,7H,4,6H2,1-3H3,(H2,14,15,16). The van der Waals surface area contributed by atoms with E-state index in [2.05, 4.69) is 15.6 Å². The summed E-state index contributed by atoms with van der Waals surface area (Å²) in [5.41, 5.74) is 0. The van der Waals surface area contributed by atoms with E-state index < -0.39 is 11.6 Å². The predicted molar refractivity (Wildman–Crippen MR) is 69.8 cm³/mol. The quantitative estimate of drug-likeness (QED) is 0.825. The number of rotatable bonds is 6. The van der Waals surface area contributed by atoms with Crippen molar-refractivity contribution in [1.82, 2.24) is 4.98 Å². The highest BCUT2D eigenvalue weighted by molar-refractivity contribution is 7.98. The number of nitrogens with one attached hydrogen (secondary N) is 2. The number of pyridine rings is 1. The molecule has 0 aliphatic heterocycles. The minimum Gasteiger partial charge on any atom is -0.371 e. The molecule has 1 rings (SSSR count). The molecule has 2 N–H and O–H groups in total. The van der Waals surface area contributed by atoms with Gasteiger partial charge < -0.3 is 10.6 Å². The molecule has 1 heterocycles. The van der Waals surface area contributed by atoms with Gasteiger partial charge in [0.2, 0.25) is 0 Å². The van der Waals surface area contributed by atoms with E-state index in [9.17, 15) is 8.78 Å². The number of hydrogen-bond donors (Lipinski definition) is 2. The second-order valence-electron chi connectivity index (χ2n) is 3.60. The Balaban J connectivity index is 2.89. The molecule has 0 saturated carbocycles. The van der Waals surface area contributed by atoms with Crippen LogP contribution in [-0.2, 0) is 0 Å². The van der Waals surface area contributed by atoms with Crippen molar-refractivity contribution in [1.29, 1.82) is 0 Å². The van der Waals surface area contributed by atoms with Gasteiger partial charge in [0, 0.05) is 24.9 Å². The summed E-state index contributed by atoms with van der Waals surface area (Å²) in [6.45, 7) is 2.01. The van der Waals surface area contributed by atoms with Gasteiger partial charge in [0.15, 0.2) is 23.3 Å². The molecule has 0 fully saturated rings. The van der Waals surface area contributed by atoms with Crippen LogP contribution < -0.4 is 10.6 Å². The van der Waals surface area contributed by atoms with Crippen LogP contribution in [0.3, 0.4) is 0 Å². The molecule has 3 nitrogen and oxygen atoms in total. The largest absolute Gasteiger partial charge is 0.371 e. The Bertz CT molecular complexity index is 374. The van der Waals surface area contributed by atoms with E-state index in [-0.39, 0.29) is 17.7 Å². The molecule has 0 aromatic carbocycles. The maximum atomic E-state index is 13.5. The second kappa shape index (κ2) is 6.64. The predicted octanol–water partition coefficient (Wildman–Crippen LogP) is 2.96. The fourth-order valence-electron chi connectivity index (χ4n) is 1.40. The van der Waals surface area contributed by atoms with Gasteiger partial charge in [-0.2, -0.15) is 11.8 Å². The number of halogens is 2. The first-order valence-electron chi connectivity index (χ1n) is 5.41. The first-order valence-corrected chi connectivity index (χ1v) is 6.81. The Morgan fingerprint density at radius 2 is 2.00 bits per heavy atom. The van der Waals surface area contributed by atoms with Crippen LogP contribution in [0.1, 0.15) is 13.3 Å². The number of anilines is 2. The number of nitrogens with zero attached hydrogens (tertiary/aromatic N) is 1. The third-order valence-corrected chi connectivity index (χ3v) is 3.10. The molecule has 0 amide bonds. The van der Waals surface area contributed by atoms with E-state index in [0.29, 0.717) is 0 Å². The topological polar surface area (TPSA) is 37.0 Å². The minimum absolute atomic E-state index is 0.0490. The fraction of sp³-hybridized carbons (Fsp3) is 0.545. The molecule has 0 aliphatic carbocycles. The average molecular weight is 261 g/mol. The summed E-state index contributed by atoms with van der Waals surface area (Å²) >= 11 is 1.67. The summed E-state index contributed by atoms with van der Waals surface area (Å²) in [7, 11) is 1.55. The van der Waals surface area contributed by atoms with Gasteiger partial charge in [-0.15, -0.1) is 0 Å². The Hall–Kier alpha value is -1.04. The summed E-state index contributed by atoms with van der Waals surface area (Å²) in [6, 6.07) is 0.967. The minimum atomic E-state index is -0.687. The summed E-state index contributed by atoms with van der Waals surface area (Å²) < 4.78 is 26.7. The number of aromatic nitrogens is 1. The third kappa shape index (κ3) is 3.73. The molecule has 17 heavy (non-hydrogen) atoms. The van der Waals surface area contributed by atoms with E-state index in [4.69, 9.17) is 0 Å². The van der Waals surface area contributed by atoms with Crippen LogP contribution >= 0.6 is 11.8 Å². The number of hydrogen-bond acceptors (Lipinski definition) is 4. The van der Waals surface area contributed by atoms with Gasteiger partial charge in [-0.25, -0.2) is 13.8 Å². The lowest BCUT2D eigenvalue weighted by atomic mass is 10.2. The summed E-state index contributed by atoms with van der Waals surface area (Å²) in [6.07, 6.45) is 2.84. The summed E-state index contributed by atoms with van der Waals surface area (Å²) in [5, 5.41) is 5.57. The molecule has 1 unspecified atom stereocenters. The van der Waals surface area contributed by atoms with E-state index >= 15 is 0 Å². The molecule has 96 valence electrons. The molecule has 1 aromatic rings. The van der Waals surface area contributed by atoms with Gasteiger partial charge in [-0.3, -0.25) is 0 Å². The van der Waals surface area contributed by atoms with Crippen LogP contribution in [0.25, 0.3) is 0 Å². The van der Waals surface area contributed by atoms with Crippen LogP contribution in [0.15, 0.2) is 6.07 Å². The smallest absolute Gasteiger partial charge is 0.168 e. The fourth-order valence-corrected chi connectivity index (χ4v) is 2.12.